The molecule has 0 aliphatic rings. The van der Waals surface area contributed by atoms with Gasteiger partial charge in [0, 0.05) is 19.2 Å². The molecule has 1 rings (SSSR count). The molecule has 0 saturated heterocycles. The molecular weight excluding hydrogens is 258 g/mol. The van der Waals surface area contributed by atoms with Crippen molar-refractivity contribution in [2.24, 2.45) is 0 Å². The van der Waals surface area contributed by atoms with Gasteiger partial charge in [-0.25, -0.2) is 0 Å². The molecule has 1 aromatic rings. The molecule has 0 atom stereocenters. The van der Waals surface area contributed by atoms with Gasteiger partial charge in [0.05, 0.1) is 26.4 Å². The van der Waals surface area contributed by atoms with E-state index in [1.54, 1.807) is 25.3 Å². The summed E-state index contributed by atoms with van der Waals surface area (Å²) in [4.78, 5) is 12.0. The lowest BCUT2D eigenvalue weighted by Crippen LogP contribution is -2.26. The standard InChI is InChI=1S/C15H23NO4/c1-4-19-14-7-6-12(10-15(14)20-5-2)13(17)11-16-8-9-18-3/h6-7,10,16H,4-5,8-9,11H2,1-3H3. The van der Waals surface area contributed by atoms with E-state index in [1.165, 1.54) is 0 Å². The molecule has 0 heterocycles. The van der Waals surface area contributed by atoms with Crippen molar-refractivity contribution in [3.05, 3.63) is 23.8 Å². The van der Waals surface area contributed by atoms with Crippen LogP contribution in [0.1, 0.15) is 24.2 Å². The molecule has 0 aliphatic carbocycles. The summed E-state index contributed by atoms with van der Waals surface area (Å²) in [6, 6.07) is 5.26. The topological polar surface area (TPSA) is 56.8 Å². The molecular formula is C15H23NO4. The van der Waals surface area contributed by atoms with E-state index in [0.717, 1.165) is 0 Å². The smallest absolute Gasteiger partial charge is 0.176 e. The summed E-state index contributed by atoms with van der Waals surface area (Å²) in [7, 11) is 1.63. The summed E-state index contributed by atoms with van der Waals surface area (Å²) in [6.07, 6.45) is 0. The molecule has 0 saturated carbocycles. The van der Waals surface area contributed by atoms with Gasteiger partial charge in [0.15, 0.2) is 17.3 Å². The molecule has 5 heteroatoms. The second kappa shape index (κ2) is 9.34. The summed E-state index contributed by atoms with van der Waals surface area (Å²) >= 11 is 0. The predicted octanol–water partition coefficient (Wildman–Crippen LogP) is 1.90. The van der Waals surface area contributed by atoms with Crippen molar-refractivity contribution in [2.45, 2.75) is 13.8 Å². The van der Waals surface area contributed by atoms with Crippen molar-refractivity contribution in [3.8, 4) is 11.5 Å². The van der Waals surface area contributed by atoms with Crippen LogP contribution in [0.5, 0.6) is 11.5 Å². The Kier molecular flexibility index (Phi) is 7.69. The van der Waals surface area contributed by atoms with E-state index in [1.807, 2.05) is 13.8 Å². The number of ketones is 1. The van der Waals surface area contributed by atoms with Crippen molar-refractivity contribution in [2.75, 3.05) is 40.0 Å². The van der Waals surface area contributed by atoms with Crippen LogP contribution in [0.4, 0.5) is 0 Å². The molecule has 0 bridgehead atoms. The Hall–Kier alpha value is -1.59. The summed E-state index contributed by atoms with van der Waals surface area (Å²) in [5.74, 6) is 1.29. The number of hydrogen-bond donors (Lipinski definition) is 1. The number of ether oxygens (including phenoxy) is 3. The molecule has 0 unspecified atom stereocenters. The first-order chi connectivity index (χ1) is 9.72. The van der Waals surface area contributed by atoms with E-state index >= 15 is 0 Å². The highest BCUT2D eigenvalue weighted by atomic mass is 16.5. The normalized spacial score (nSPS) is 10.3. The Morgan fingerprint density at radius 2 is 1.85 bits per heavy atom. The zero-order chi connectivity index (χ0) is 14.8. The van der Waals surface area contributed by atoms with Crippen LogP contribution in [-0.2, 0) is 4.74 Å². The highest BCUT2D eigenvalue weighted by Gasteiger charge is 2.11. The molecule has 112 valence electrons. The second-order valence-corrected chi connectivity index (χ2v) is 4.12. The fourth-order valence-electron chi connectivity index (χ4n) is 1.70. The quantitative estimate of drug-likeness (QED) is 0.524. The van der Waals surface area contributed by atoms with Crippen LogP contribution in [0.3, 0.4) is 0 Å². The lowest BCUT2D eigenvalue weighted by atomic mass is 10.1. The first-order valence-electron chi connectivity index (χ1n) is 6.85. The van der Waals surface area contributed by atoms with Gasteiger partial charge in [0.25, 0.3) is 0 Å². The fourth-order valence-corrected chi connectivity index (χ4v) is 1.70. The summed E-state index contributed by atoms with van der Waals surface area (Å²) in [5, 5.41) is 3.03. The van der Waals surface area contributed by atoms with E-state index in [-0.39, 0.29) is 12.3 Å². The molecule has 0 spiro atoms. The van der Waals surface area contributed by atoms with E-state index in [2.05, 4.69) is 5.32 Å². The van der Waals surface area contributed by atoms with Gasteiger partial charge in [0.2, 0.25) is 0 Å². The number of nitrogens with one attached hydrogen (secondary N) is 1. The zero-order valence-corrected chi connectivity index (χ0v) is 12.4. The number of rotatable bonds is 10. The molecule has 0 fully saturated rings. The van der Waals surface area contributed by atoms with Gasteiger partial charge < -0.3 is 19.5 Å². The maximum Gasteiger partial charge on any atom is 0.176 e. The molecule has 1 N–H and O–H groups in total. The van der Waals surface area contributed by atoms with Gasteiger partial charge in [-0.05, 0) is 32.0 Å². The molecule has 20 heavy (non-hydrogen) atoms. The highest BCUT2D eigenvalue weighted by Crippen LogP contribution is 2.28. The predicted molar refractivity (Wildman–Crippen MR) is 77.9 cm³/mol. The van der Waals surface area contributed by atoms with E-state index < -0.39 is 0 Å². The molecule has 0 amide bonds. The number of Topliss-reactive ketones (excluding diaryl/α,β-unsaturated/α-hetero) is 1. The van der Waals surface area contributed by atoms with E-state index in [4.69, 9.17) is 14.2 Å². The zero-order valence-electron chi connectivity index (χ0n) is 12.4. The van der Waals surface area contributed by atoms with Crippen molar-refractivity contribution >= 4 is 5.78 Å². The van der Waals surface area contributed by atoms with Crippen molar-refractivity contribution in [1.29, 1.82) is 0 Å². The number of carbonyl (C=O) groups excluding carboxylic acids is 1. The number of methoxy groups -OCH3 is 1. The SMILES string of the molecule is CCOc1ccc(C(=O)CNCCOC)cc1OCC. The van der Waals surface area contributed by atoms with E-state index in [9.17, 15) is 4.79 Å². The number of carbonyl (C=O) groups is 1. The molecule has 0 aliphatic heterocycles. The van der Waals surface area contributed by atoms with Crippen molar-refractivity contribution < 1.29 is 19.0 Å². The minimum Gasteiger partial charge on any atom is -0.490 e. The summed E-state index contributed by atoms with van der Waals surface area (Å²) < 4.78 is 15.9. The van der Waals surface area contributed by atoms with Gasteiger partial charge in [-0.1, -0.05) is 0 Å². The van der Waals surface area contributed by atoms with Crippen LogP contribution < -0.4 is 14.8 Å². The summed E-state index contributed by atoms with van der Waals surface area (Å²) in [5.41, 5.74) is 0.613. The molecule has 5 nitrogen and oxygen atoms in total. The van der Waals surface area contributed by atoms with Gasteiger partial charge >= 0.3 is 0 Å². The third-order valence-electron chi connectivity index (χ3n) is 2.63. The largest absolute Gasteiger partial charge is 0.490 e. The Bertz CT molecular complexity index is 420. The Balaban J connectivity index is 2.69. The van der Waals surface area contributed by atoms with Crippen LogP contribution in [0, 0.1) is 0 Å². The van der Waals surface area contributed by atoms with E-state index in [0.29, 0.717) is 43.4 Å². The minimum atomic E-state index is 0.0186. The van der Waals surface area contributed by atoms with Crippen LogP contribution in [0.25, 0.3) is 0 Å². The Labute approximate surface area is 120 Å². The van der Waals surface area contributed by atoms with Crippen molar-refractivity contribution in [3.63, 3.8) is 0 Å². The second-order valence-electron chi connectivity index (χ2n) is 4.12. The van der Waals surface area contributed by atoms with Gasteiger partial charge in [-0.3, -0.25) is 4.79 Å². The Morgan fingerprint density at radius 1 is 1.15 bits per heavy atom. The lowest BCUT2D eigenvalue weighted by Gasteiger charge is -2.12. The lowest BCUT2D eigenvalue weighted by molar-refractivity contribution is 0.0987. The van der Waals surface area contributed by atoms with Gasteiger partial charge in [-0.2, -0.15) is 0 Å². The maximum atomic E-state index is 12.0. The number of benzene rings is 1. The fraction of sp³-hybridized carbons (Fsp3) is 0.533. The average Bonchev–Trinajstić information content (AvgIpc) is 2.45. The first kappa shape index (κ1) is 16.5. The van der Waals surface area contributed by atoms with Crippen LogP contribution in [0.15, 0.2) is 18.2 Å². The number of hydrogen-bond acceptors (Lipinski definition) is 5. The molecule has 0 aromatic heterocycles. The van der Waals surface area contributed by atoms with Gasteiger partial charge in [-0.15, -0.1) is 0 Å². The van der Waals surface area contributed by atoms with Crippen LogP contribution in [-0.4, -0.2) is 45.8 Å². The minimum absolute atomic E-state index is 0.0186. The molecule has 0 radical (unpaired) electrons. The van der Waals surface area contributed by atoms with Crippen LogP contribution >= 0.6 is 0 Å². The summed E-state index contributed by atoms with van der Waals surface area (Å²) in [6.45, 7) is 6.42. The third-order valence-corrected chi connectivity index (χ3v) is 2.63. The first-order valence-corrected chi connectivity index (χ1v) is 6.85. The molecule has 1 aromatic carbocycles. The Morgan fingerprint density at radius 3 is 2.50 bits per heavy atom. The third kappa shape index (κ3) is 5.19. The van der Waals surface area contributed by atoms with Gasteiger partial charge in [0.1, 0.15) is 0 Å². The maximum absolute atomic E-state index is 12.0. The van der Waals surface area contributed by atoms with Crippen LogP contribution in [0.2, 0.25) is 0 Å². The highest BCUT2D eigenvalue weighted by molar-refractivity contribution is 5.98. The monoisotopic (exact) mass is 281 g/mol. The average molecular weight is 281 g/mol. The van der Waals surface area contributed by atoms with Crippen molar-refractivity contribution in [1.82, 2.24) is 5.32 Å².